The van der Waals surface area contributed by atoms with E-state index in [-0.39, 0.29) is 0 Å². The normalized spacial score (nSPS) is 13.8. The van der Waals surface area contributed by atoms with E-state index in [1.54, 1.807) is 0 Å². The van der Waals surface area contributed by atoms with Crippen LogP contribution in [0.2, 0.25) is 0 Å². The number of fused-ring (bicyclic) bond motifs is 1. The summed E-state index contributed by atoms with van der Waals surface area (Å²) in [6, 6.07) is 2.12. The van der Waals surface area contributed by atoms with Gasteiger partial charge in [0.05, 0.1) is 5.56 Å². The third kappa shape index (κ3) is 4.64. The first-order chi connectivity index (χ1) is 10.2. The molecule has 0 radical (unpaired) electrons. The highest BCUT2D eigenvalue weighted by Gasteiger charge is 2.16. The Hall–Kier alpha value is -1.20. The van der Waals surface area contributed by atoms with Gasteiger partial charge in [0.2, 0.25) is 0 Å². The van der Waals surface area contributed by atoms with Crippen LogP contribution >= 0.6 is 12.2 Å². The Kier molecular flexibility index (Phi) is 6.39. The van der Waals surface area contributed by atoms with Crippen molar-refractivity contribution in [3.63, 3.8) is 0 Å². The van der Waals surface area contributed by atoms with Gasteiger partial charge in [-0.25, -0.2) is 4.98 Å². The minimum Gasteiger partial charge on any atom is -0.389 e. The quantitative estimate of drug-likeness (QED) is 0.571. The molecule has 1 aromatic heterocycles. The zero-order valence-electron chi connectivity index (χ0n) is 12.8. The van der Waals surface area contributed by atoms with Crippen LogP contribution in [0.15, 0.2) is 6.07 Å². The highest BCUT2D eigenvalue weighted by molar-refractivity contribution is 7.80. The predicted molar refractivity (Wildman–Crippen MR) is 91.0 cm³/mol. The lowest BCUT2D eigenvalue weighted by atomic mass is 9.94. The lowest BCUT2D eigenvalue weighted by Crippen LogP contribution is -2.19. The van der Waals surface area contributed by atoms with E-state index in [0.29, 0.717) is 4.99 Å². The second-order valence-corrected chi connectivity index (χ2v) is 5.89. The molecule has 0 amide bonds. The number of thiocarbonyl (C=S) groups is 1. The number of nitrogens with one attached hydrogen (secondary N) is 1. The Morgan fingerprint density at radius 3 is 2.95 bits per heavy atom. The van der Waals surface area contributed by atoms with Crippen LogP contribution < -0.4 is 11.1 Å². The SMILES string of the molecule is CCCOCCCNc1nc2c(cc1C(N)=S)CCCC2. The number of rotatable bonds is 8. The Balaban J connectivity index is 1.98. The van der Waals surface area contributed by atoms with Crippen molar-refractivity contribution < 1.29 is 4.74 Å². The second kappa shape index (κ2) is 8.29. The molecular formula is C16H25N3OS. The molecule has 0 aliphatic heterocycles. The molecule has 0 saturated heterocycles. The Morgan fingerprint density at radius 1 is 1.38 bits per heavy atom. The Morgan fingerprint density at radius 2 is 2.19 bits per heavy atom. The molecular weight excluding hydrogens is 282 g/mol. The molecule has 0 fully saturated rings. The number of aryl methyl sites for hydroxylation is 2. The molecule has 1 aromatic rings. The fourth-order valence-electron chi connectivity index (χ4n) is 2.58. The van der Waals surface area contributed by atoms with Gasteiger partial charge in [0.25, 0.3) is 0 Å². The summed E-state index contributed by atoms with van der Waals surface area (Å²) >= 11 is 5.16. The molecule has 0 aromatic carbocycles. The van der Waals surface area contributed by atoms with E-state index in [9.17, 15) is 0 Å². The van der Waals surface area contributed by atoms with Gasteiger partial charge in [0.1, 0.15) is 10.8 Å². The minimum atomic E-state index is 0.417. The maximum absolute atomic E-state index is 5.84. The fraction of sp³-hybridized carbons (Fsp3) is 0.625. The average molecular weight is 307 g/mol. The maximum Gasteiger partial charge on any atom is 0.136 e. The number of nitrogens with two attached hydrogens (primary N) is 1. The zero-order chi connectivity index (χ0) is 15.1. The summed E-state index contributed by atoms with van der Waals surface area (Å²) in [4.78, 5) is 5.17. The van der Waals surface area contributed by atoms with E-state index in [1.165, 1.54) is 24.1 Å². The van der Waals surface area contributed by atoms with Crippen molar-refractivity contribution in [1.29, 1.82) is 0 Å². The van der Waals surface area contributed by atoms with Crippen LogP contribution in [0.5, 0.6) is 0 Å². The third-order valence-electron chi connectivity index (χ3n) is 3.67. The van der Waals surface area contributed by atoms with E-state index in [0.717, 1.165) is 56.8 Å². The molecule has 4 nitrogen and oxygen atoms in total. The first-order valence-electron chi connectivity index (χ1n) is 7.86. The first-order valence-corrected chi connectivity index (χ1v) is 8.27. The molecule has 0 unspecified atom stereocenters. The van der Waals surface area contributed by atoms with Gasteiger partial charge in [-0.1, -0.05) is 19.1 Å². The maximum atomic E-state index is 5.84. The van der Waals surface area contributed by atoms with Crippen molar-refractivity contribution in [1.82, 2.24) is 4.98 Å². The molecule has 0 saturated carbocycles. The summed E-state index contributed by atoms with van der Waals surface area (Å²) in [6.45, 7) is 4.54. The van der Waals surface area contributed by atoms with Gasteiger partial charge in [0.15, 0.2) is 0 Å². The van der Waals surface area contributed by atoms with Crippen LogP contribution in [-0.4, -0.2) is 29.7 Å². The van der Waals surface area contributed by atoms with E-state index in [4.69, 9.17) is 27.7 Å². The number of pyridine rings is 1. The molecule has 1 aliphatic rings. The molecule has 1 heterocycles. The molecule has 116 valence electrons. The Bertz CT molecular complexity index is 491. The Labute approximate surface area is 132 Å². The predicted octanol–water partition coefficient (Wildman–Crippen LogP) is 2.82. The highest BCUT2D eigenvalue weighted by Crippen LogP contribution is 2.24. The number of aromatic nitrogens is 1. The number of hydrogen-bond acceptors (Lipinski definition) is 4. The van der Waals surface area contributed by atoms with Crippen molar-refractivity contribution >= 4 is 23.0 Å². The fourth-order valence-corrected chi connectivity index (χ4v) is 2.74. The third-order valence-corrected chi connectivity index (χ3v) is 3.89. The summed E-state index contributed by atoms with van der Waals surface area (Å²) in [5.74, 6) is 0.832. The van der Waals surface area contributed by atoms with Crippen molar-refractivity contribution in [2.24, 2.45) is 5.73 Å². The van der Waals surface area contributed by atoms with Crippen molar-refractivity contribution in [3.8, 4) is 0 Å². The van der Waals surface area contributed by atoms with Crippen LogP contribution in [0.25, 0.3) is 0 Å². The molecule has 3 N–H and O–H groups in total. The summed E-state index contributed by atoms with van der Waals surface area (Å²) in [5, 5.41) is 3.36. The average Bonchev–Trinajstić information content (AvgIpc) is 2.49. The van der Waals surface area contributed by atoms with Crippen LogP contribution in [0, 0.1) is 0 Å². The van der Waals surface area contributed by atoms with Gasteiger partial charge in [-0.2, -0.15) is 0 Å². The van der Waals surface area contributed by atoms with Gasteiger partial charge >= 0.3 is 0 Å². The number of anilines is 1. The largest absolute Gasteiger partial charge is 0.389 e. The number of ether oxygens (including phenoxy) is 1. The van der Waals surface area contributed by atoms with Gasteiger partial charge in [-0.15, -0.1) is 0 Å². The molecule has 5 heteroatoms. The lowest BCUT2D eigenvalue weighted by molar-refractivity contribution is 0.134. The highest BCUT2D eigenvalue weighted by atomic mass is 32.1. The van der Waals surface area contributed by atoms with Crippen molar-refractivity contribution in [2.75, 3.05) is 25.1 Å². The van der Waals surface area contributed by atoms with Crippen LogP contribution in [0.4, 0.5) is 5.82 Å². The topological polar surface area (TPSA) is 60.2 Å². The van der Waals surface area contributed by atoms with Gasteiger partial charge in [0, 0.05) is 25.5 Å². The van der Waals surface area contributed by atoms with Crippen LogP contribution in [-0.2, 0) is 17.6 Å². The summed E-state index contributed by atoms with van der Waals surface area (Å²) < 4.78 is 5.48. The summed E-state index contributed by atoms with van der Waals surface area (Å²) in [7, 11) is 0. The number of nitrogens with zero attached hydrogens (tertiary/aromatic N) is 1. The van der Waals surface area contributed by atoms with Crippen molar-refractivity contribution in [2.45, 2.75) is 45.4 Å². The molecule has 0 atom stereocenters. The van der Waals surface area contributed by atoms with E-state index in [1.807, 2.05) is 0 Å². The van der Waals surface area contributed by atoms with Gasteiger partial charge in [-0.3, -0.25) is 0 Å². The standard InChI is InChI=1S/C16H25N3OS/c1-2-9-20-10-5-8-18-16-13(15(17)21)11-12-6-3-4-7-14(12)19-16/h11H,2-10H2,1H3,(H2,17,21)(H,18,19). The van der Waals surface area contributed by atoms with Gasteiger partial charge in [-0.05, 0) is 50.2 Å². The monoisotopic (exact) mass is 307 g/mol. The zero-order valence-corrected chi connectivity index (χ0v) is 13.6. The first kappa shape index (κ1) is 16.2. The molecule has 2 rings (SSSR count). The minimum absolute atomic E-state index is 0.417. The van der Waals surface area contributed by atoms with E-state index >= 15 is 0 Å². The number of hydrogen-bond donors (Lipinski definition) is 2. The van der Waals surface area contributed by atoms with Crippen LogP contribution in [0.1, 0.15) is 49.4 Å². The van der Waals surface area contributed by atoms with E-state index in [2.05, 4.69) is 18.3 Å². The smallest absolute Gasteiger partial charge is 0.136 e. The molecule has 21 heavy (non-hydrogen) atoms. The molecule has 0 bridgehead atoms. The van der Waals surface area contributed by atoms with Crippen LogP contribution in [0.3, 0.4) is 0 Å². The van der Waals surface area contributed by atoms with Crippen molar-refractivity contribution in [3.05, 3.63) is 22.9 Å². The summed E-state index contributed by atoms with van der Waals surface area (Å²) in [6.07, 6.45) is 6.61. The molecule has 0 spiro atoms. The van der Waals surface area contributed by atoms with Gasteiger partial charge < -0.3 is 15.8 Å². The van der Waals surface area contributed by atoms with E-state index < -0.39 is 0 Å². The molecule has 1 aliphatic carbocycles. The lowest BCUT2D eigenvalue weighted by Gasteiger charge is -2.19. The second-order valence-electron chi connectivity index (χ2n) is 5.45. The summed E-state index contributed by atoms with van der Waals surface area (Å²) in [5.41, 5.74) is 9.23.